The van der Waals surface area contributed by atoms with Crippen LogP contribution in [0.3, 0.4) is 0 Å². The molecule has 0 radical (unpaired) electrons. The van der Waals surface area contributed by atoms with E-state index in [9.17, 15) is 15.2 Å². The van der Waals surface area contributed by atoms with Gasteiger partial charge in [-0.15, -0.1) is 10.2 Å². The number of aryl methyl sites for hydroxylation is 2. The summed E-state index contributed by atoms with van der Waals surface area (Å²) in [6, 6.07) is 12.6. The maximum absolute atomic E-state index is 11.4. The van der Waals surface area contributed by atoms with Gasteiger partial charge in [-0.3, -0.25) is 4.79 Å². The minimum absolute atomic E-state index is 0.331. The number of carboxylic acids is 1. The van der Waals surface area contributed by atoms with Crippen LogP contribution in [0.1, 0.15) is 63.3 Å². The molecule has 3 aromatic rings. The number of hydrogen-bond acceptors (Lipinski definition) is 8. The number of unbranched alkanes of at least 4 members (excludes halogenated alkanes) is 1. The third-order valence-corrected chi connectivity index (χ3v) is 6.41. The van der Waals surface area contributed by atoms with Gasteiger partial charge < -0.3 is 15.7 Å². The molecule has 2 heterocycles. The standard InChI is InChI=1S/C28H36N8O2/c1-6-8-12-21(7-2)17-30-26-25(18(3)15-24(32-26)31-20(5)28(37)38)33-34-27-23(16-29)19(4)35-36(27)22-13-10-9-11-14-22/h9-11,13-15,20-21H,6-8,12,17H2,1-5H3,(H,37,38)(H2,30,31,32). The lowest BCUT2D eigenvalue weighted by atomic mass is 9.99. The molecule has 0 spiro atoms. The number of pyridine rings is 1. The number of azo groups is 1. The van der Waals surface area contributed by atoms with Gasteiger partial charge in [0.05, 0.1) is 11.4 Å². The Kier molecular flexibility index (Phi) is 9.93. The first-order chi connectivity index (χ1) is 18.3. The Labute approximate surface area is 223 Å². The molecule has 2 aromatic heterocycles. The molecule has 0 aliphatic carbocycles. The summed E-state index contributed by atoms with van der Waals surface area (Å²) in [5.41, 5.74) is 2.95. The van der Waals surface area contributed by atoms with Gasteiger partial charge in [0.1, 0.15) is 29.2 Å². The van der Waals surface area contributed by atoms with Gasteiger partial charge in [0.2, 0.25) is 0 Å². The number of para-hydroxylation sites is 1. The van der Waals surface area contributed by atoms with Crippen LogP contribution in [0.5, 0.6) is 0 Å². The number of carbonyl (C=O) groups is 1. The summed E-state index contributed by atoms with van der Waals surface area (Å²) in [6.45, 7) is 10.3. The molecule has 0 bridgehead atoms. The number of hydrogen-bond donors (Lipinski definition) is 3. The van der Waals surface area contributed by atoms with E-state index < -0.39 is 12.0 Å². The zero-order valence-corrected chi connectivity index (χ0v) is 22.7. The molecular weight excluding hydrogens is 480 g/mol. The lowest BCUT2D eigenvalue weighted by Gasteiger charge is -2.19. The molecule has 0 aliphatic rings. The molecule has 2 atom stereocenters. The molecule has 0 fully saturated rings. The molecule has 10 nitrogen and oxygen atoms in total. The Hall–Kier alpha value is -4.26. The van der Waals surface area contributed by atoms with E-state index in [1.165, 1.54) is 0 Å². The molecule has 3 rings (SSSR count). The van der Waals surface area contributed by atoms with Crippen molar-refractivity contribution in [3.8, 4) is 11.8 Å². The third-order valence-electron chi connectivity index (χ3n) is 6.41. The number of aromatic nitrogens is 3. The normalized spacial score (nSPS) is 12.7. The Balaban J connectivity index is 2.04. The van der Waals surface area contributed by atoms with E-state index in [1.807, 2.05) is 37.3 Å². The summed E-state index contributed by atoms with van der Waals surface area (Å²) in [4.78, 5) is 16.0. The van der Waals surface area contributed by atoms with Gasteiger partial charge in [0, 0.05) is 6.54 Å². The number of rotatable bonds is 13. The van der Waals surface area contributed by atoms with Crippen molar-refractivity contribution in [2.45, 2.75) is 66.3 Å². The van der Waals surface area contributed by atoms with Crippen LogP contribution < -0.4 is 10.6 Å². The lowest BCUT2D eigenvalue weighted by molar-refractivity contribution is -0.137. The average molecular weight is 517 g/mol. The highest BCUT2D eigenvalue weighted by Gasteiger charge is 2.19. The third kappa shape index (κ3) is 6.94. The molecular formula is C28H36N8O2. The van der Waals surface area contributed by atoms with E-state index in [0.29, 0.717) is 46.9 Å². The fraction of sp³-hybridized carbons (Fsp3) is 0.429. The molecule has 0 saturated heterocycles. The Bertz CT molecular complexity index is 1310. The molecule has 3 N–H and O–H groups in total. The van der Waals surface area contributed by atoms with Crippen molar-refractivity contribution >= 4 is 29.1 Å². The first kappa shape index (κ1) is 28.3. The molecule has 0 amide bonds. The summed E-state index contributed by atoms with van der Waals surface area (Å²) < 4.78 is 1.61. The van der Waals surface area contributed by atoms with Crippen LogP contribution in [0.4, 0.5) is 23.1 Å². The largest absolute Gasteiger partial charge is 0.480 e. The first-order valence-electron chi connectivity index (χ1n) is 13.0. The van der Waals surface area contributed by atoms with Crippen molar-refractivity contribution in [1.82, 2.24) is 14.8 Å². The monoisotopic (exact) mass is 516 g/mol. The van der Waals surface area contributed by atoms with Gasteiger partial charge >= 0.3 is 5.97 Å². The maximum atomic E-state index is 11.4. The van der Waals surface area contributed by atoms with Gasteiger partial charge in [-0.2, -0.15) is 10.4 Å². The van der Waals surface area contributed by atoms with E-state index >= 15 is 0 Å². The van der Waals surface area contributed by atoms with E-state index in [4.69, 9.17) is 0 Å². The zero-order valence-electron chi connectivity index (χ0n) is 22.7. The number of nitrogens with one attached hydrogen (secondary N) is 2. The first-order valence-corrected chi connectivity index (χ1v) is 13.0. The second-order valence-corrected chi connectivity index (χ2v) is 9.37. The van der Waals surface area contributed by atoms with Crippen LogP contribution in [-0.2, 0) is 4.79 Å². The van der Waals surface area contributed by atoms with Crippen molar-refractivity contribution in [1.29, 1.82) is 5.26 Å². The minimum atomic E-state index is -0.970. The summed E-state index contributed by atoms with van der Waals surface area (Å²) in [5, 5.41) is 39.0. The molecule has 1 aromatic carbocycles. The minimum Gasteiger partial charge on any atom is -0.480 e. The van der Waals surface area contributed by atoms with Gasteiger partial charge in [-0.05, 0) is 56.9 Å². The van der Waals surface area contributed by atoms with Crippen molar-refractivity contribution in [3.63, 3.8) is 0 Å². The maximum Gasteiger partial charge on any atom is 0.325 e. The van der Waals surface area contributed by atoms with E-state index in [0.717, 1.165) is 36.9 Å². The predicted molar refractivity (Wildman–Crippen MR) is 149 cm³/mol. The van der Waals surface area contributed by atoms with Gasteiger partial charge in [-0.25, -0.2) is 9.67 Å². The second-order valence-electron chi connectivity index (χ2n) is 9.37. The summed E-state index contributed by atoms with van der Waals surface area (Å²) >= 11 is 0. The van der Waals surface area contributed by atoms with Gasteiger partial charge in [0.15, 0.2) is 11.6 Å². The molecule has 2 unspecified atom stereocenters. The van der Waals surface area contributed by atoms with Crippen molar-refractivity contribution < 1.29 is 9.90 Å². The topological polar surface area (TPSA) is 141 Å². The zero-order chi connectivity index (χ0) is 27.7. The van der Waals surface area contributed by atoms with Gasteiger partial charge in [0.25, 0.3) is 0 Å². The van der Waals surface area contributed by atoms with E-state index in [-0.39, 0.29) is 0 Å². The Morgan fingerprint density at radius 2 is 1.95 bits per heavy atom. The SMILES string of the molecule is CCCCC(CC)CNc1nc(NC(C)C(=O)O)cc(C)c1N=Nc1c(C#N)c(C)nn1-c1ccccc1. The van der Waals surface area contributed by atoms with Crippen LogP contribution in [-0.4, -0.2) is 38.4 Å². The number of benzene rings is 1. The van der Waals surface area contributed by atoms with Crippen molar-refractivity contribution in [3.05, 3.63) is 53.2 Å². The van der Waals surface area contributed by atoms with Crippen LogP contribution in [0.2, 0.25) is 0 Å². The van der Waals surface area contributed by atoms with Crippen molar-refractivity contribution in [2.24, 2.45) is 16.1 Å². The van der Waals surface area contributed by atoms with Crippen LogP contribution in [0.15, 0.2) is 46.6 Å². The summed E-state index contributed by atoms with van der Waals surface area (Å²) in [7, 11) is 0. The number of nitriles is 1. The average Bonchev–Trinajstić information content (AvgIpc) is 3.23. The molecule has 0 aliphatic heterocycles. The molecule has 0 saturated carbocycles. The smallest absolute Gasteiger partial charge is 0.325 e. The predicted octanol–water partition coefficient (Wildman–Crippen LogP) is 6.68. The van der Waals surface area contributed by atoms with E-state index in [2.05, 4.69) is 50.9 Å². The quantitative estimate of drug-likeness (QED) is 0.215. The lowest BCUT2D eigenvalue weighted by Crippen LogP contribution is -2.26. The second kappa shape index (κ2) is 13.3. The summed E-state index contributed by atoms with van der Waals surface area (Å²) in [5.74, 6) is 0.761. The molecule has 200 valence electrons. The number of nitrogens with zero attached hydrogens (tertiary/aromatic N) is 6. The highest BCUT2D eigenvalue weighted by Crippen LogP contribution is 2.34. The highest BCUT2D eigenvalue weighted by molar-refractivity contribution is 5.77. The van der Waals surface area contributed by atoms with Crippen LogP contribution in [0, 0.1) is 31.1 Å². The van der Waals surface area contributed by atoms with E-state index in [1.54, 1.807) is 24.6 Å². The molecule has 10 heteroatoms. The van der Waals surface area contributed by atoms with Crippen LogP contribution >= 0.6 is 0 Å². The van der Waals surface area contributed by atoms with Gasteiger partial charge in [-0.1, -0.05) is 51.3 Å². The van der Waals surface area contributed by atoms with Crippen molar-refractivity contribution in [2.75, 3.05) is 17.2 Å². The number of aliphatic carboxylic acids is 1. The molecule has 38 heavy (non-hydrogen) atoms. The Morgan fingerprint density at radius 1 is 1.21 bits per heavy atom. The fourth-order valence-corrected chi connectivity index (χ4v) is 4.04. The Morgan fingerprint density at radius 3 is 2.58 bits per heavy atom. The fourth-order valence-electron chi connectivity index (χ4n) is 4.04. The summed E-state index contributed by atoms with van der Waals surface area (Å²) in [6.07, 6.45) is 4.41. The van der Waals surface area contributed by atoms with Crippen LogP contribution in [0.25, 0.3) is 5.69 Å². The number of carboxylic acid groups (broad SMARTS) is 1. The number of anilines is 2. The highest BCUT2D eigenvalue weighted by atomic mass is 16.4.